The second kappa shape index (κ2) is 7.97. The molecule has 0 atom stereocenters. The monoisotopic (exact) mass is 363 g/mol. The fraction of sp³-hybridized carbons (Fsp3) is 0.333. The van der Waals surface area contributed by atoms with E-state index in [9.17, 15) is 4.79 Å². The molecule has 0 spiro atoms. The number of rotatable bonds is 4. The maximum Gasteiger partial charge on any atom is 0.227 e. The highest BCUT2D eigenvalue weighted by Gasteiger charge is 2.25. The minimum atomic E-state index is 0.0307. The van der Waals surface area contributed by atoms with Gasteiger partial charge in [0.25, 0.3) is 0 Å². The number of hydrogen-bond acceptors (Lipinski definition) is 3. The molecule has 0 bridgehead atoms. The van der Waals surface area contributed by atoms with E-state index in [4.69, 9.17) is 23.2 Å². The van der Waals surface area contributed by atoms with Crippen LogP contribution in [0, 0.1) is 5.92 Å². The van der Waals surface area contributed by atoms with Crippen LogP contribution in [0.1, 0.15) is 18.4 Å². The predicted molar refractivity (Wildman–Crippen MR) is 97.3 cm³/mol. The number of benzene rings is 1. The maximum absolute atomic E-state index is 12.3. The number of amides is 1. The smallest absolute Gasteiger partial charge is 0.227 e. The van der Waals surface area contributed by atoms with E-state index in [0.29, 0.717) is 10.0 Å². The van der Waals surface area contributed by atoms with Gasteiger partial charge in [-0.05, 0) is 50.2 Å². The molecule has 1 saturated heterocycles. The quantitative estimate of drug-likeness (QED) is 0.883. The third-order valence-corrected chi connectivity index (χ3v) is 5.04. The van der Waals surface area contributed by atoms with Crippen molar-refractivity contribution in [3.8, 4) is 0 Å². The second-order valence-corrected chi connectivity index (χ2v) is 6.80. The summed E-state index contributed by atoms with van der Waals surface area (Å²) < 4.78 is 0. The van der Waals surface area contributed by atoms with E-state index in [1.165, 1.54) is 0 Å². The Labute approximate surface area is 151 Å². The van der Waals surface area contributed by atoms with Crippen LogP contribution in [-0.2, 0) is 11.3 Å². The van der Waals surface area contributed by atoms with Crippen LogP contribution in [0.5, 0.6) is 0 Å². The Hall–Kier alpha value is -1.62. The van der Waals surface area contributed by atoms with Crippen molar-refractivity contribution < 1.29 is 4.79 Å². The highest BCUT2D eigenvalue weighted by Crippen LogP contribution is 2.28. The highest BCUT2D eigenvalue weighted by atomic mass is 35.5. The highest BCUT2D eigenvalue weighted by molar-refractivity contribution is 6.35. The van der Waals surface area contributed by atoms with Crippen LogP contribution in [0.15, 0.2) is 42.7 Å². The van der Waals surface area contributed by atoms with Crippen molar-refractivity contribution in [1.29, 1.82) is 0 Å². The number of nitrogens with one attached hydrogen (secondary N) is 1. The largest absolute Gasteiger partial charge is 0.324 e. The van der Waals surface area contributed by atoms with Crippen LogP contribution in [0.4, 0.5) is 5.69 Å². The summed E-state index contributed by atoms with van der Waals surface area (Å²) >= 11 is 12.5. The number of nitrogens with zero attached hydrogens (tertiary/aromatic N) is 2. The molecule has 0 unspecified atom stereocenters. The van der Waals surface area contributed by atoms with Gasteiger partial charge in [0.05, 0.1) is 11.9 Å². The van der Waals surface area contributed by atoms with E-state index >= 15 is 0 Å². The average molecular weight is 364 g/mol. The third kappa shape index (κ3) is 4.26. The normalized spacial score (nSPS) is 16.1. The summed E-state index contributed by atoms with van der Waals surface area (Å²) in [6, 6.07) is 9.22. The van der Waals surface area contributed by atoms with E-state index in [0.717, 1.165) is 43.7 Å². The molecular formula is C18H19Cl2N3O. The zero-order valence-corrected chi connectivity index (χ0v) is 14.7. The third-order valence-electron chi connectivity index (χ3n) is 4.33. The van der Waals surface area contributed by atoms with Crippen LogP contribution < -0.4 is 5.32 Å². The second-order valence-electron chi connectivity index (χ2n) is 5.98. The molecule has 126 valence electrons. The van der Waals surface area contributed by atoms with Gasteiger partial charge in [-0.3, -0.25) is 14.7 Å². The molecule has 1 aromatic carbocycles. The molecule has 3 rings (SSSR count). The van der Waals surface area contributed by atoms with Crippen LogP contribution >= 0.6 is 23.2 Å². The molecule has 0 radical (unpaired) electrons. The van der Waals surface area contributed by atoms with Crippen molar-refractivity contribution in [3.05, 3.63) is 58.3 Å². The number of hydrogen-bond donors (Lipinski definition) is 1. The Morgan fingerprint density at radius 3 is 2.50 bits per heavy atom. The maximum atomic E-state index is 12.3. The first-order valence-electron chi connectivity index (χ1n) is 7.99. The number of halogens is 2. The van der Waals surface area contributed by atoms with Gasteiger partial charge in [0.2, 0.25) is 5.91 Å². The van der Waals surface area contributed by atoms with Crippen molar-refractivity contribution in [2.45, 2.75) is 19.4 Å². The summed E-state index contributed by atoms with van der Waals surface area (Å²) in [6.45, 7) is 2.43. The van der Waals surface area contributed by atoms with Gasteiger partial charge in [0.15, 0.2) is 0 Å². The summed E-state index contributed by atoms with van der Waals surface area (Å²) in [5.74, 6) is 0.0987. The number of carbonyl (C=O) groups is 1. The molecule has 0 saturated carbocycles. The number of carbonyl (C=O) groups excluding carboxylic acids is 1. The zero-order valence-electron chi connectivity index (χ0n) is 13.2. The fourth-order valence-electron chi connectivity index (χ4n) is 2.94. The lowest BCUT2D eigenvalue weighted by Gasteiger charge is -2.31. The Morgan fingerprint density at radius 1 is 1.17 bits per heavy atom. The Balaban J connectivity index is 1.53. The van der Waals surface area contributed by atoms with E-state index in [-0.39, 0.29) is 11.8 Å². The standard InChI is InChI=1S/C18H19Cl2N3O/c19-16-4-1-5-17(20)15(16)12-23-9-6-13(7-10-23)18(24)22-14-3-2-8-21-11-14/h1-5,8,11,13H,6-7,9-10,12H2,(H,22,24). The predicted octanol–water partition coefficient (Wildman–Crippen LogP) is 4.24. The van der Waals surface area contributed by atoms with Crippen molar-refractivity contribution in [1.82, 2.24) is 9.88 Å². The zero-order chi connectivity index (χ0) is 16.9. The first-order valence-corrected chi connectivity index (χ1v) is 8.75. The summed E-state index contributed by atoms with van der Waals surface area (Å²) in [4.78, 5) is 18.6. The van der Waals surface area contributed by atoms with Gasteiger partial charge < -0.3 is 5.32 Å². The summed E-state index contributed by atoms with van der Waals surface area (Å²) in [6.07, 6.45) is 5.00. The molecule has 1 N–H and O–H groups in total. The Morgan fingerprint density at radius 2 is 1.88 bits per heavy atom. The molecule has 2 heterocycles. The van der Waals surface area contributed by atoms with Gasteiger partial charge in [0, 0.05) is 34.3 Å². The molecule has 4 nitrogen and oxygen atoms in total. The molecular weight excluding hydrogens is 345 g/mol. The number of piperidine rings is 1. The molecule has 1 fully saturated rings. The van der Waals surface area contributed by atoms with Gasteiger partial charge in [-0.2, -0.15) is 0 Å². The van der Waals surface area contributed by atoms with Gasteiger partial charge >= 0.3 is 0 Å². The van der Waals surface area contributed by atoms with E-state index in [2.05, 4.69) is 15.2 Å². The Kier molecular flexibility index (Phi) is 5.72. The Bertz CT molecular complexity index is 680. The molecule has 1 amide bonds. The van der Waals surface area contributed by atoms with Crippen molar-refractivity contribution in [2.75, 3.05) is 18.4 Å². The topological polar surface area (TPSA) is 45.2 Å². The van der Waals surface area contributed by atoms with Gasteiger partial charge in [0.1, 0.15) is 0 Å². The van der Waals surface area contributed by atoms with Crippen LogP contribution in [0.2, 0.25) is 10.0 Å². The lowest BCUT2D eigenvalue weighted by Crippen LogP contribution is -2.37. The molecule has 6 heteroatoms. The minimum Gasteiger partial charge on any atom is -0.324 e. The summed E-state index contributed by atoms with van der Waals surface area (Å²) in [5.41, 5.74) is 1.70. The number of pyridine rings is 1. The minimum absolute atomic E-state index is 0.0307. The SMILES string of the molecule is O=C(Nc1cccnc1)C1CCN(Cc2c(Cl)cccc2Cl)CC1. The lowest BCUT2D eigenvalue weighted by atomic mass is 9.95. The number of likely N-dealkylation sites (tertiary alicyclic amines) is 1. The van der Waals surface area contributed by atoms with Gasteiger partial charge in [-0.15, -0.1) is 0 Å². The fourth-order valence-corrected chi connectivity index (χ4v) is 3.46. The lowest BCUT2D eigenvalue weighted by molar-refractivity contribution is -0.121. The number of anilines is 1. The van der Waals surface area contributed by atoms with Crippen LogP contribution in [-0.4, -0.2) is 28.9 Å². The number of aromatic nitrogens is 1. The van der Waals surface area contributed by atoms with E-state index < -0.39 is 0 Å². The van der Waals surface area contributed by atoms with E-state index in [1.54, 1.807) is 12.4 Å². The molecule has 0 aliphatic carbocycles. The van der Waals surface area contributed by atoms with Crippen molar-refractivity contribution in [2.24, 2.45) is 5.92 Å². The summed E-state index contributed by atoms with van der Waals surface area (Å²) in [5, 5.41) is 4.32. The molecule has 1 aromatic heterocycles. The molecule has 24 heavy (non-hydrogen) atoms. The first kappa shape index (κ1) is 17.2. The van der Waals surface area contributed by atoms with Crippen molar-refractivity contribution in [3.63, 3.8) is 0 Å². The van der Waals surface area contributed by atoms with Gasteiger partial charge in [-0.1, -0.05) is 29.3 Å². The van der Waals surface area contributed by atoms with Crippen LogP contribution in [0.25, 0.3) is 0 Å². The molecule has 1 aliphatic rings. The average Bonchev–Trinajstić information content (AvgIpc) is 2.60. The summed E-state index contributed by atoms with van der Waals surface area (Å²) in [7, 11) is 0. The van der Waals surface area contributed by atoms with E-state index in [1.807, 2.05) is 30.3 Å². The molecule has 2 aromatic rings. The van der Waals surface area contributed by atoms with Crippen molar-refractivity contribution >= 4 is 34.8 Å². The first-order chi connectivity index (χ1) is 11.6. The van der Waals surface area contributed by atoms with Crippen LogP contribution in [0.3, 0.4) is 0 Å². The van der Waals surface area contributed by atoms with Gasteiger partial charge in [-0.25, -0.2) is 0 Å². The molecule has 1 aliphatic heterocycles.